The van der Waals surface area contributed by atoms with Crippen LogP contribution in [0.2, 0.25) is 0 Å². The van der Waals surface area contributed by atoms with Gasteiger partial charge in [0.25, 0.3) is 0 Å². The summed E-state index contributed by atoms with van der Waals surface area (Å²) >= 11 is 0. The first-order valence-electron chi connectivity index (χ1n) is 24.6. The van der Waals surface area contributed by atoms with Crippen molar-refractivity contribution in [1.82, 2.24) is 19.1 Å². The average molecular weight is 1020 g/mol. The van der Waals surface area contributed by atoms with Crippen molar-refractivity contribution in [3.8, 4) is 5.88 Å². The maximum Gasteiger partial charge on any atom is 0.335 e. The Bertz CT molecular complexity index is 3020. The molecule has 18 nitrogen and oxygen atoms in total. The van der Waals surface area contributed by atoms with Crippen molar-refractivity contribution in [2.75, 3.05) is 13.2 Å². The first kappa shape index (κ1) is 52.3. The van der Waals surface area contributed by atoms with E-state index in [0.29, 0.717) is 0 Å². The molecular weight excluding hydrogens is 965 g/mol. The van der Waals surface area contributed by atoms with Crippen molar-refractivity contribution in [1.29, 1.82) is 0 Å². The molecule has 2 aromatic heterocycles. The van der Waals surface area contributed by atoms with E-state index in [-0.39, 0.29) is 56.7 Å². The lowest BCUT2D eigenvalue weighted by Crippen LogP contribution is -2.60. The van der Waals surface area contributed by atoms with Gasteiger partial charge in [-0.3, -0.25) is 19.0 Å². The van der Waals surface area contributed by atoms with E-state index < -0.39 is 85.4 Å². The topological polar surface area (TPSA) is 196 Å². The molecule has 9 atom stereocenters. The van der Waals surface area contributed by atoms with Crippen LogP contribution in [0.1, 0.15) is 61.0 Å². The van der Waals surface area contributed by atoms with Crippen LogP contribution in [-0.4, -0.2) is 93.0 Å². The summed E-state index contributed by atoms with van der Waals surface area (Å²) in [6, 6.07) is 47.9. The third-order valence-corrected chi connectivity index (χ3v) is 12.6. The molecule has 0 amide bonds. The van der Waals surface area contributed by atoms with Crippen LogP contribution in [-0.2, 0) is 90.0 Å². The average Bonchev–Trinajstić information content (AvgIpc) is 3.90. The highest BCUT2D eigenvalue weighted by Gasteiger charge is 2.54. The quantitative estimate of drug-likeness (QED) is 0.0482. The highest BCUT2D eigenvalue weighted by atomic mass is 16.7. The third-order valence-electron chi connectivity index (χ3n) is 12.6. The molecule has 0 radical (unpaired) electrons. The predicted molar refractivity (Wildman–Crippen MR) is 269 cm³/mol. The minimum absolute atomic E-state index is 0.0228. The van der Waals surface area contributed by atoms with Gasteiger partial charge in [0.05, 0.1) is 33.0 Å². The van der Waals surface area contributed by atoms with Crippen LogP contribution in [0.15, 0.2) is 163 Å². The minimum Gasteiger partial charge on any atom is -0.471 e. The van der Waals surface area contributed by atoms with Crippen molar-refractivity contribution in [3.05, 3.63) is 196 Å². The number of hydrogen-bond acceptors (Lipinski definition) is 16. The van der Waals surface area contributed by atoms with E-state index in [1.54, 1.807) is 0 Å². The van der Waals surface area contributed by atoms with Crippen molar-refractivity contribution in [2.24, 2.45) is 0 Å². The number of rotatable bonds is 22. The fourth-order valence-electron chi connectivity index (χ4n) is 9.21. The zero-order valence-electron chi connectivity index (χ0n) is 41.7. The van der Waals surface area contributed by atoms with Gasteiger partial charge >= 0.3 is 23.6 Å². The molecule has 4 heterocycles. The second-order valence-corrected chi connectivity index (χ2v) is 18.0. The maximum atomic E-state index is 16.1. The minimum atomic E-state index is -1.55. The van der Waals surface area contributed by atoms with E-state index in [4.69, 9.17) is 47.4 Å². The lowest BCUT2D eigenvalue weighted by atomic mass is 9.96. The number of carbonyl (C=O) groups excluding carboxylic acids is 3. The van der Waals surface area contributed by atoms with Gasteiger partial charge in [0.1, 0.15) is 50.1 Å². The Morgan fingerprint density at radius 3 is 1.43 bits per heavy atom. The van der Waals surface area contributed by atoms with Crippen LogP contribution in [0.5, 0.6) is 5.88 Å². The number of carbonyl (C=O) groups is 3. The number of esters is 3. The molecule has 7 aromatic rings. The number of hydrogen-bond donors (Lipinski definition) is 0. The molecule has 390 valence electrons. The molecule has 0 aliphatic carbocycles. The van der Waals surface area contributed by atoms with Gasteiger partial charge in [0.2, 0.25) is 5.88 Å². The zero-order valence-corrected chi connectivity index (χ0v) is 41.7. The summed E-state index contributed by atoms with van der Waals surface area (Å²) in [6.07, 6.45) is -9.72. The molecule has 2 aliphatic heterocycles. The lowest BCUT2D eigenvalue weighted by Gasteiger charge is -2.46. The van der Waals surface area contributed by atoms with E-state index in [0.717, 1.165) is 27.8 Å². The van der Waals surface area contributed by atoms with Crippen LogP contribution < -0.4 is 10.4 Å². The zero-order chi connectivity index (χ0) is 52.1. The second kappa shape index (κ2) is 25.1. The van der Waals surface area contributed by atoms with Crippen molar-refractivity contribution >= 4 is 29.1 Å². The number of fused-ring (bicyclic) bond motifs is 1. The van der Waals surface area contributed by atoms with E-state index >= 15 is 4.79 Å². The molecule has 9 rings (SSSR count). The fourth-order valence-corrected chi connectivity index (χ4v) is 9.21. The van der Waals surface area contributed by atoms with Gasteiger partial charge in [-0.15, -0.1) is 0 Å². The standard InChI is InChI=1S/C57H58N4O14/c1-37(62)67-35-46-49(72-38(2)63)52(73-39(3)64)56(75-46)61-53-47(54(59-36-58-53)71-33-44-27-17-8-18-28-44)60(57(61)65)55-51(70-32-43-25-15-7-16-26-43)50(69-31-42-23-13-6-14-24-42)48(68-30-41-21-11-5-12-22-41)45(74-55)34-66-29-40-19-9-4-10-20-40/h4-28,36,45-46,48-52,55-56H,29-35H2,1-3H3/t45-,46-,48-,49-,50+,51+,52-,55+,56-/m1/s1. The number of benzene rings is 5. The van der Waals surface area contributed by atoms with Gasteiger partial charge in [-0.25, -0.2) is 14.3 Å². The molecule has 0 saturated carbocycles. The first-order chi connectivity index (χ1) is 36.6. The maximum absolute atomic E-state index is 16.1. The van der Waals surface area contributed by atoms with E-state index in [9.17, 15) is 14.4 Å². The highest BCUT2D eigenvalue weighted by molar-refractivity contribution is 5.77. The Hall–Kier alpha value is -7.58. The SMILES string of the molecule is CC(=O)OC[C@H]1O[C@@H](n2c(=O)n([C@H]3O[C@H](COCc4ccccc4)[C@@H](OCc4ccccc4)[C@H](OCc4ccccc4)[C@@H]3OCc3ccccc3)c3c(OCc4ccccc4)ncnc32)[C@H](OC(C)=O)[C@@H]1OC(C)=O. The molecule has 0 unspecified atom stereocenters. The second-order valence-electron chi connectivity index (χ2n) is 18.0. The Morgan fingerprint density at radius 2 is 0.920 bits per heavy atom. The van der Waals surface area contributed by atoms with Crippen molar-refractivity contribution in [2.45, 2.75) is 109 Å². The first-order valence-corrected chi connectivity index (χ1v) is 24.6. The lowest BCUT2D eigenvalue weighted by molar-refractivity contribution is -0.290. The summed E-state index contributed by atoms with van der Waals surface area (Å²) in [5, 5.41) is 0. The molecule has 0 bridgehead atoms. The predicted octanol–water partition coefficient (Wildman–Crippen LogP) is 7.37. The van der Waals surface area contributed by atoms with Crippen molar-refractivity contribution in [3.63, 3.8) is 0 Å². The van der Waals surface area contributed by atoms with E-state index in [1.165, 1.54) is 36.2 Å². The molecule has 18 heteroatoms. The van der Waals surface area contributed by atoms with Crippen LogP contribution in [0, 0.1) is 0 Å². The molecule has 0 N–H and O–H groups in total. The van der Waals surface area contributed by atoms with Crippen LogP contribution in [0.25, 0.3) is 11.2 Å². The smallest absolute Gasteiger partial charge is 0.335 e. The molecule has 5 aromatic carbocycles. The molecule has 0 spiro atoms. The van der Waals surface area contributed by atoms with E-state index in [2.05, 4.69) is 9.97 Å². The number of ether oxygens (including phenoxy) is 10. The summed E-state index contributed by atoms with van der Waals surface area (Å²) in [5.74, 6) is -2.20. The van der Waals surface area contributed by atoms with Crippen LogP contribution in [0.3, 0.4) is 0 Å². The Morgan fingerprint density at radius 1 is 0.480 bits per heavy atom. The molecule has 2 saturated heterocycles. The van der Waals surface area contributed by atoms with Gasteiger partial charge in [-0.1, -0.05) is 152 Å². The van der Waals surface area contributed by atoms with E-state index in [1.807, 2.05) is 152 Å². The van der Waals surface area contributed by atoms with Gasteiger partial charge in [0, 0.05) is 20.8 Å². The van der Waals surface area contributed by atoms with Crippen LogP contribution in [0.4, 0.5) is 0 Å². The largest absolute Gasteiger partial charge is 0.471 e. The summed E-state index contributed by atoms with van der Waals surface area (Å²) in [6.45, 7) is 3.64. The van der Waals surface area contributed by atoms with Crippen molar-refractivity contribution < 1.29 is 61.8 Å². The van der Waals surface area contributed by atoms with Crippen LogP contribution >= 0.6 is 0 Å². The Labute approximate surface area is 432 Å². The molecule has 2 fully saturated rings. The number of aromatic nitrogens is 4. The monoisotopic (exact) mass is 1020 g/mol. The van der Waals surface area contributed by atoms with Gasteiger partial charge < -0.3 is 47.4 Å². The summed E-state index contributed by atoms with van der Waals surface area (Å²) in [7, 11) is 0. The molecule has 2 aliphatic rings. The molecule has 75 heavy (non-hydrogen) atoms. The summed E-state index contributed by atoms with van der Waals surface area (Å²) in [5.41, 5.74) is 3.48. The molecular formula is C57H58N4O14. The Balaban J connectivity index is 1.24. The van der Waals surface area contributed by atoms with Gasteiger partial charge in [-0.05, 0) is 27.8 Å². The Kier molecular flexibility index (Phi) is 17.5. The number of imidazole rings is 1. The highest BCUT2D eigenvalue weighted by Crippen LogP contribution is 2.41. The van der Waals surface area contributed by atoms with Gasteiger partial charge in [0.15, 0.2) is 35.8 Å². The van der Waals surface area contributed by atoms with Gasteiger partial charge in [-0.2, -0.15) is 4.98 Å². The summed E-state index contributed by atoms with van der Waals surface area (Å²) in [4.78, 5) is 63.2. The number of nitrogens with zero attached hydrogens (tertiary/aromatic N) is 4. The summed E-state index contributed by atoms with van der Waals surface area (Å²) < 4.78 is 67.2. The third kappa shape index (κ3) is 13.0. The fraction of sp³-hybridized carbons (Fsp3) is 0.333. The normalized spacial score (nSPS) is 22.4.